The van der Waals surface area contributed by atoms with E-state index in [9.17, 15) is 14.4 Å². The predicted octanol–water partition coefficient (Wildman–Crippen LogP) is 1.51. The first-order valence-electron chi connectivity index (χ1n) is 5.54. The first kappa shape index (κ1) is 11.5. The molecule has 0 N–H and O–H groups in total. The maximum atomic E-state index is 12.0. The zero-order chi connectivity index (χ0) is 12.4. The predicted molar refractivity (Wildman–Crippen MR) is 61.7 cm³/mol. The van der Waals surface area contributed by atoms with Crippen LogP contribution in [0.3, 0.4) is 0 Å². The van der Waals surface area contributed by atoms with E-state index in [-0.39, 0.29) is 17.7 Å². The van der Waals surface area contributed by atoms with E-state index in [2.05, 4.69) is 0 Å². The zero-order valence-electron chi connectivity index (χ0n) is 9.55. The standard InChI is InChI=1S/C13H13NO3/c1-9(6-7-15)8-14-12(16)10-4-2-3-5-11(10)13(14)17/h2-5,7,9H,6,8H2,1H3/t9-/m1/s1. The van der Waals surface area contributed by atoms with E-state index in [4.69, 9.17) is 0 Å². The Morgan fingerprint density at radius 2 is 1.71 bits per heavy atom. The fourth-order valence-electron chi connectivity index (χ4n) is 1.96. The molecule has 4 nitrogen and oxygen atoms in total. The number of carbonyl (C=O) groups is 3. The number of fused-ring (bicyclic) bond motifs is 1. The minimum absolute atomic E-state index is 0.00490. The first-order chi connectivity index (χ1) is 8.15. The molecule has 88 valence electrons. The van der Waals surface area contributed by atoms with Gasteiger partial charge in [0.25, 0.3) is 11.8 Å². The van der Waals surface area contributed by atoms with Crippen molar-refractivity contribution < 1.29 is 14.4 Å². The Balaban J connectivity index is 2.21. The van der Waals surface area contributed by atoms with Crippen molar-refractivity contribution in [3.63, 3.8) is 0 Å². The van der Waals surface area contributed by atoms with Crippen molar-refractivity contribution >= 4 is 18.1 Å². The van der Waals surface area contributed by atoms with Gasteiger partial charge in [-0.2, -0.15) is 0 Å². The van der Waals surface area contributed by atoms with E-state index in [0.717, 1.165) is 6.29 Å². The Hall–Kier alpha value is -1.97. The van der Waals surface area contributed by atoms with Crippen LogP contribution >= 0.6 is 0 Å². The van der Waals surface area contributed by atoms with Crippen molar-refractivity contribution in [2.45, 2.75) is 13.3 Å². The smallest absolute Gasteiger partial charge is 0.261 e. The molecule has 0 spiro atoms. The van der Waals surface area contributed by atoms with Crippen molar-refractivity contribution in [3.05, 3.63) is 35.4 Å². The molecule has 17 heavy (non-hydrogen) atoms. The van der Waals surface area contributed by atoms with Crippen molar-refractivity contribution in [3.8, 4) is 0 Å². The summed E-state index contributed by atoms with van der Waals surface area (Å²) < 4.78 is 0. The molecule has 4 heteroatoms. The second-order valence-electron chi connectivity index (χ2n) is 4.27. The Morgan fingerprint density at radius 1 is 1.18 bits per heavy atom. The van der Waals surface area contributed by atoms with E-state index >= 15 is 0 Å². The number of nitrogens with zero attached hydrogens (tertiary/aromatic N) is 1. The van der Waals surface area contributed by atoms with Gasteiger partial charge in [0.1, 0.15) is 6.29 Å². The molecule has 0 radical (unpaired) electrons. The summed E-state index contributed by atoms with van der Waals surface area (Å²) in [5, 5.41) is 0. The fraction of sp³-hybridized carbons (Fsp3) is 0.308. The van der Waals surface area contributed by atoms with Gasteiger partial charge in [0, 0.05) is 13.0 Å². The lowest BCUT2D eigenvalue weighted by molar-refractivity contribution is -0.108. The lowest BCUT2D eigenvalue weighted by Gasteiger charge is -2.17. The van der Waals surface area contributed by atoms with Crippen LogP contribution in [0.1, 0.15) is 34.1 Å². The van der Waals surface area contributed by atoms with Crippen LogP contribution in [0, 0.1) is 5.92 Å². The highest BCUT2D eigenvalue weighted by atomic mass is 16.2. The van der Waals surface area contributed by atoms with Gasteiger partial charge in [-0.05, 0) is 18.1 Å². The second kappa shape index (κ2) is 4.49. The van der Waals surface area contributed by atoms with E-state index in [0.29, 0.717) is 24.1 Å². The molecule has 0 saturated carbocycles. The van der Waals surface area contributed by atoms with Gasteiger partial charge in [-0.15, -0.1) is 0 Å². The second-order valence-corrected chi connectivity index (χ2v) is 4.27. The van der Waals surface area contributed by atoms with Gasteiger partial charge in [0.2, 0.25) is 0 Å². The van der Waals surface area contributed by atoms with Gasteiger partial charge >= 0.3 is 0 Å². The molecule has 2 rings (SSSR count). The minimum Gasteiger partial charge on any atom is -0.303 e. The molecule has 0 fully saturated rings. The van der Waals surface area contributed by atoms with E-state index < -0.39 is 0 Å². The molecular formula is C13H13NO3. The van der Waals surface area contributed by atoms with Crippen LogP contribution in [0.4, 0.5) is 0 Å². The lowest BCUT2D eigenvalue weighted by atomic mass is 10.1. The summed E-state index contributed by atoms with van der Waals surface area (Å²) in [5.74, 6) is -0.526. The quantitative estimate of drug-likeness (QED) is 0.583. The molecule has 1 aromatic carbocycles. The number of hydrogen-bond donors (Lipinski definition) is 0. The highest BCUT2D eigenvalue weighted by Crippen LogP contribution is 2.23. The Kier molecular flexibility index (Phi) is 3.04. The number of aldehydes is 1. The Morgan fingerprint density at radius 3 is 2.18 bits per heavy atom. The van der Waals surface area contributed by atoms with Crippen LogP contribution in [-0.4, -0.2) is 29.5 Å². The van der Waals surface area contributed by atoms with Crippen LogP contribution in [0.5, 0.6) is 0 Å². The number of hydrogen-bond acceptors (Lipinski definition) is 3. The summed E-state index contributed by atoms with van der Waals surface area (Å²) in [4.78, 5) is 35.5. The molecule has 1 heterocycles. The maximum Gasteiger partial charge on any atom is 0.261 e. The van der Waals surface area contributed by atoms with Crippen LogP contribution in [-0.2, 0) is 4.79 Å². The number of carbonyl (C=O) groups excluding carboxylic acids is 3. The van der Waals surface area contributed by atoms with E-state index in [1.165, 1.54) is 4.90 Å². The molecular weight excluding hydrogens is 218 g/mol. The third-order valence-corrected chi connectivity index (χ3v) is 2.87. The highest BCUT2D eigenvalue weighted by Gasteiger charge is 2.35. The molecule has 0 bridgehead atoms. The van der Waals surface area contributed by atoms with Gasteiger partial charge in [-0.25, -0.2) is 0 Å². The number of imide groups is 1. The van der Waals surface area contributed by atoms with Gasteiger partial charge in [-0.3, -0.25) is 14.5 Å². The fourth-order valence-corrected chi connectivity index (χ4v) is 1.96. The highest BCUT2D eigenvalue weighted by molar-refractivity contribution is 6.21. The van der Waals surface area contributed by atoms with E-state index in [1.807, 2.05) is 6.92 Å². The summed E-state index contributed by atoms with van der Waals surface area (Å²) in [5.41, 5.74) is 0.909. The van der Waals surface area contributed by atoms with Crippen molar-refractivity contribution in [2.24, 2.45) is 5.92 Å². The third-order valence-electron chi connectivity index (χ3n) is 2.87. The number of rotatable bonds is 4. The van der Waals surface area contributed by atoms with Crippen molar-refractivity contribution in [2.75, 3.05) is 6.54 Å². The van der Waals surface area contributed by atoms with Gasteiger partial charge in [0.05, 0.1) is 11.1 Å². The lowest BCUT2D eigenvalue weighted by Crippen LogP contribution is -2.33. The molecule has 1 aliphatic heterocycles. The van der Waals surface area contributed by atoms with Crippen molar-refractivity contribution in [1.82, 2.24) is 4.90 Å². The van der Waals surface area contributed by atoms with Gasteiger partial charge < -0.3 is 4.79 Å². The average molecular weight is 231 g/mol. The first-order valence-corrected chi connectivity index (χ1v) is 5.54. The number of amides is 2. The van der Waals surface area contributed by atoms with Crippen molar-refractivity contribution in [1.29, 1.82) is 0 Å². The summed E-state index contributed by atoms with van der Waals surface area (Å²) in [6.07, 6.45) is 1.16. The largest absolute Gasteiger partial charge is 0.303 e. The Labute approximate surface area is 99.2 Å². The summed E-state index contributed by atoms with van der Waals surface area (Å²) in [6, 6.07) is 6.78. The minimum atomic E-state index is -0.261. The van der Waals surface area contributed by atoms with Crippen LogP contribution in [0.2, 0.25) is 0 Å². The zero-order valence-corrected chi connectivity index (χ0v) is 9.55. The Bertz CT molecular complexity index is 446. The van der Waals surface area contributed by atoms with Gasteiger partial charge in [0.15, 0.2) is 0 Å². The molecule has 1 aliphatic rings. The average Bonchev–Trinajstić information content (AvgIpc) is 2.56. The molecule has 2 amide bonds. The summed E-state index contributed by atoms with van der Waals surface area (Å²) in [7, 11) is 0. The van der Waals surface area contributed by atoms with Crippen LogP contribution < -0.4 is 0 Å². The maximum absolute atomic E-state index is 12.0. The summed E-state index contributed by atoms with van der Waals surface area (Å²) >= 11 is 0. The summed E-state index contributed by atoms with van der Waals surface area (Å²) in [6.45, 7) is 2.14. The molecule has 0 saturated heterocycles. The monoisotopic (exact) mass is 231 g/mol. The van der Waals surface area contributed by atoms with Gasteiger partial charge in [-0.1, -0.05) is 19.1 Å². The topological polar surface area (TPSA) is 54.5 Å². The van der Waals surface area contributed by atoms with E-state index in [1.54, 1.807) is 24.3 Å². The molecule has 1 atom stereocenters. The molecule has 0 unspecified atom stereocenters. The number of benzene rings is 1. The van der Waals surface area contributed by atoms with Crippen LogP contribution in [0.15, 0.2) is 24.3 Å². The molecule has 0 aromatic heterocycles. The SMILES string of the molecule is C[C@H](CC=O)CN1C(=O)c2ccccc2C1=O. The molecule has 0 aliphatic carbocycles. The normalized spacial score (nSPS) is 15.9. The third kappa shape index (κ3) is 1.98. The van der Waals surface area contributed by atoms with Crippen LogP contribution in [0.25, 0.3) is 0 Å². The molecule has 1 aromatic rings.